The number of ether oxygens (including phenoxy) is 1. The molecule has 7 nitrogen and oxygen atoms in total. The molecule has 1 aromatic carbocycles. The second-order valence-corrected chi connectivity index (χ2v) is 7.76. The highest BCUT2D eigenvalue weighted by Gasteiger charge is 2.21. The van der Waals surface area contributed by atoms with E-state index in [0.29, 0.717) is 12.3 Å². The van der Waals surface area contributed by atoms with Crippen LogP contribution in [0.3, 0.4) is 0 Å². The summed E-state index contributed by atoms with van der Waals surface area (Å²) in [5.74, 6) is 3.13. The van der Waals surface area contributed by atoms with E-state index in [-0.39, 0.29) is 12.5 Å². The molecule has 1 aliphatic carbocycles. The van der Waals surface area contributed by atoms with Crippen molar-refractivity contribution in [2.75, 3.05) is 26.2 Å². The van der Waals surface area contributed by atoms with Crippen LogP contribution in [-0.2, 0) is 24.3 Å². The average molecular weight is 396 g/mol. The first-order chi connectivity index (χ1) is 14.3. The second-order valence-electron chi connectivity index (χ2n) is 7.76. The lowest BCUT2D eigenvalue weighted by atomic mass is 9.94. The van der Waals surface area contributed by atoms with Gasteiger partial charge >= 0.3 is 0 Å². The number of hydrogen-bond acceptors (Lipinski definition) is 5. The van der Waals surface area contributed by atoms with Gasteiger partial charge in [-0.3, -0.25) is 4.79 Å². The third-order valence-electron chi connectivity index (χ3n) is 5.65. The van der Waals surface area contributed by atoms with Gasteiger partial charge in [-0.2, -0.15) is 0 Å². The molecular formula is C22H29N5O2. The molecule has 0 unspecified atom stereocenters. The smallest absolute Gasteiger partial charge is 0.258 e. The van der Waals surface area contributed by atoms with Gasteiger partial charge in [0.25, 0.3) is 5.91 Å². The first-order valence-electron chi connectivity index (χ1n) is 10.5. The van der Waals surface area contributed by atoms with Gasteiger partial charge in [0.15, 0.2) is 12.4 Å². The summed E-state index contributed by atoms with van der Waals surface area (Å²) in [6.45, 7) is 4.42. The highest BCUT2D eigenvalue weighted by atomic mass is 16.5. The molecule has 0 spiro atoms. The van der Waals surface area contributed by atoms with E-state index in [2.05, 4.69) is 37.1 Å². The molecule has 1 aliphatic heterocycles. The monoisotopic (exact) mass is 395 g/mol. The standard InChI is InChI=1S/C22H29N5O2/c28-22(17-29-19-9-5-2-6-10-19)23-15-21-25-24-20-11-12-26(13-14-27(20)21)16-18-7-3-1-4-8-18/h1-3,5-6,9-10,18H,4,7-8,11-17H2,(H,23,28)/t18-/m1/s1. The van der Waals surface area contributed by atoms with Crippen molar-refractivity contribution in [1.82, 2.24) is 25.0 Å². The van der Waals surface area contributed by atoms with Crippen LogP contribution in [0.1, 0.15) is 30.9 Å². The number of para-hydroxylation sites is 1. The van der Waals surface area contributed by atoms with Crippen molar-refractivity contribution in [3.05, 3.63) is 54.1 Å². The van der Waals surface area contributed by atoms with Gasteiger partial charge in [-0.15, -0.1) is 10.2 Å². The highest BCUT2D eigenvalue weighted by Crippen LogP contribution is 2.20. The molecule has 2 aliphatic rings. The van der Waals surface area contributed by atoms with E-state index in [0.717, 1.165) is 50.2 Å². The van der Waals surface area contributed by atoms with Crippen molar-refractivity contribution in [1.29, 1.82) is 0 Å². The fourth-order valence-corrected chi connectivity index (χ4v) is 4.02. The van der Waals surface area contributed by atoms with Crippen LogP contribution in [0.2, 0.25) is 0 Å². The molecular weight excluding hydrogens is 366 g/mol. The largest absolute Gasteiger partial charge is 0.484 e. The lowest BCUT2D eigenvalue weighted by molar-refractivity contribution is -0.123. The summed E-state index contributed by atoms with van der Waals surface area (Å²) < 4.78 is 7.66. The number of nitrogens with zero attached hydrogens (tertiary/aromatic N) is 4. The van der Waals surface area contributed by atoms with E-state index in [1.807, 2.05) is 30.3 Å². The van der Waals surface area contributed by atoms with Crippen molar-refractivity contribution in [3.63, 3.8) is 0 Å². The quantitative estimate of drug-likeness (QED) is 0.728. The molecule has 0 saturated heterocycles. The molecule has 4 rings (SSSR count). The Balaban J connectivity index is 1.25. The zero-order chi connectivity index (χ0) is 19.9. The van der Waals surface area contributed by atoms with Crippen LogP contribution < -0.4 is 10.1 Å². The maximum absolute atomic E-state index is 12.1. The number of carbonyl (C=O) groups excluding carboxylic acids is 1. The Hall–Kier alpha value is -2.67. The minimum absolute atomic E-state index is 0.00534. The Kier molecular flexibility index (Phi) is 6.56. The van der Waals surface area contributed by atoms with Gasteiger partial charge in [0.2, 0.25) is 0 Å². The fraction of sp³-hybridized carbons (Fsp3) is 0.500. The SMILES string of the molecule is O=C(COc1ccccc1)NCc1nnc2n1CCN(C[C@@H]1CC=CCC1)CC2. The van der Waals surface area contributed by atoms with Gasteiger partial charge < -0.3 is 19.5 Å². The maximum atomic E-state index is 12.1. The zero-order valence-corrected chi connectivity index (χ0v) is 16.8. The summed E-state index contributed by atoms with van der Waals surface area (Å²) in [5, 5.41) is 11.6. The minimum Gasteiger partial charge on any atom is -0.484 e. The predicted molar refractivity (Wildman–Crippen MR) is 110 cm³/mol. The van der Waals surface area contributed by atoms with Crippen molar-refractivity contribution in [2.24, 2.45) is 5.92 Å². The van der Waals surface area contributed by atoms with Crippen LogP contribution in [-0.4, -0.2) is 51.8 Å². The van der Waals surface area contributed by atoms with E-state index in [9.17, 15) is 4.79 Å². The van der Waals surface area contributed by atoms with Gasteiger partial charge in [-0.1, -0.05) is 30.4 Å². The van der Waals surface area contributed by atoms with Crippen LogP contribution in [0, 0.1) is 5.92 Å². The third kappa shape index (κ3) is 5.44. The van der Waals surface area contributed by atoms with Gasteiger partial charge in [0.05, 0.1) is 6.54 Å². The normalized spacial score (nSPS) is 19.4. The Labute approximate surface area is 171 Å². The summed E-state index contributed by atoms with van der Waals surface area (Å²) >= 11 is 0. The first-order valence-corrected chi connectivity index (χ1v) is 10.5. The molecule has 29 heavy (non-hydrogen) atoms. The van der Waals surface area contributed by atoms with Crippen molar-refractivity contribution in [2.45, 2.75) is 38.8 Å². The summed E-state index contributed by atoms with van der Waals surface area (Å²) in [5.41, 5.74) is 0. The van der Waals surface area contributed by atoms with E-state index < -0.39 is 0 Å². The summed E-state index contributed by atoms with van der Waals surface area (Å²) in [4.78, 5) is 14.7. The van der Waals surface area contributed by atoms with Gasteiger partial charge in [0, 0.05) is 32.6 Å². The van der Waals surface area contributed by atoms with E-state index in [4.69, 9.17) is 4.74 Å². The molecule has 0 fully saturated rings. The number of amides is 1. The van der Waals surface area contributed by atoms with Crippen LogP contribution in [0.4, 0.5) is 0 Å². The minimum atomic E-state index is -0.160. The number of fused-ring (bicyclic) bond motifs is 1. The number of nitrogens with one attached hydrogen (secondary N) is 1. The van der Waals surface area contributed by atoms with Crippen molar-refractivity contribution < 1.29 is 9.53 Å². The topological polar surface area (TPSA) is 72.3 Å². The van der Waals surface area contributed by atoms with Crippen molar-refractivity contribution in [3.8, 4) is 5.75 Å². The van der Waals surface area contributed by atoms with Crippen LogP contribution in [0.25, 0.3) is 0 Å². The summed E-state index contributed by atoms with van der Waals surface area (Å²) in [7, 11) is 0. The Morgan fingerprint density at radius 3 is 2.86 bits per heavy atom. The highest BCUT2D eigenvalue weighted by molar-refractivity contribution is 5.77. The first kappa shape index (κ1) is 19.6. The van der Waals surface area contributed by atoms with E-state index in [1.54, 1.807) is 0 Å². The number of rotatable bonds is 7. The zero-order valence-electron chi connectivity index (χ0n) is 16.8. The van der Waals surface area contributed by atoms with Crippen molar-refractivity contribution >= 4 is 5.91 Å². The molecule has 0 bridgehead atoms. The molecule has 154 valence electrons. The molecule has 1 amide bonds. The fourth-order valence-electron chi connectivity index (χ4n) is 4.02. The van der Waals surface area contributed by atoms with Gasteiger partial charge in [0.1, 0.15) is 11.6 Å². The number of hydrogen-bond donors (Lipinski definition) is 1. The van der Waals surface area contributed by atoms with Crippen LogP contribution in [0.15, 0.2) is 42.5 Å². The Morgan fingerprint density at radius 1 is 1.14 bits per heavy atom. The maximum Gasteiger partial charge on any atom is 0.258 e. The Morgan fingerprint density at radius 2 is 2.03 bits per heavy atom. The molecule has 0 radical (unpaired) electrons. The van der Waals surface area contributed by atoms with Gasteiger partial charge in [-0.25, -0.2) is 0 Å². The second kappa shape index (κ2) is 9.69. The Bertz CT molecular complexity index is 833. The predicted octanol–water partition coefficient (Wildman–Crippen LogP) is 2.19. The third-order valence-corrected chi connectivity index (χ3v) is 5.65. The molecule has 1 atom stereocenters. The average Bonchev–Trinajstić information content (AvgIpc) is 3.05. The molecule has 7 heteroatoms. The number of benzene rings is 1. The summed E-state index contributed by atoms with van der Waals surface area (Å²) in [6.07, 6.45) is 9.23. The number of carbonyl (C=O) groups is 1. The number of aromatic nitrogens is 3. The van der Waals surface area contributed by atoms with Gasteiger partial charge in [-0.05, 0) is 37.3 Å². The molecule has 2 aromatic rings. The summed E-state index contributed by atoms with van der Waals surface area (Å²) in [6, 6.07) is 9.35. The molecule has 2 heterocycles. The molecule has 0 saturated carbocycles. The van der Waals surface area contributed by atoms with E-state index >= 15 is 0 Å². The molecule has 1 N–H and O–H groups in total. The van der Waals surface area contributed by atoms with E-state index in [1.165, 1.54) is 19.3 Å². The lowest BCUT2D eigenvalue weighted by Crippen LogP contribution is -2.33. The van der Waals surface area contributed by atoms with Crippen LogP contribution >= 0.6 is 0 Å². The molecule has 1 aromatic heterocycles. The van der Waals surface area contributed by atoms with Crippen LogP contribution in [0.5, 0.6) is 5.75 Å². The number of allylic oxidation sites excluding steroid dienone is 2. The lowest BCUT2D eigenvalue weighted by Gasteiger charge is -2.26.